The van der Waals surface area contributed by atoms with E-state index in [1.54, 1.807) is 0 Å². The van der Waals surface area contributed by atoms with Crippen molar-refractivity contribution in [3.05, 3.63) is 60.2 Å². The van der Waals surface area contributed by atoms with Crippen LogP contribution in [0.3, 0.4) is 0 Å². The largest absolute Gasteiger partial charge is 0.307 e. The Balaban J connectivity index is 1.96. The second kappa shape index (κ2) is 6.14. The predicted molar refractivity (Wildman–Crippen MR) is 84.0 cm³/mol. The molecule has 0 aliphatic carbocycles. The molecule has 0 bridgehead atoms. The van der Waals surface area contributed by atoms with Gasteiger partial charge in [0, 0.05) is 11.3 Å². The number of thioether (sulfide) groups is 1. The van der Waals surface area contributed by atoms with Gasteiger partial charge in [0.05, 0.1) is 12.2 Å². The Hall–Kier alpha value is -1.74. The zero-order valence-electron chi connectivity index (χ0n) is 11.3. The number of benzene rings is 2. The maximum absolute atomic E-state index is 12.5. The first-order valence-corrected chi connectivity index (χ1v) is 7.89. The first-order chi connectivity index (χ1) is 9.84. The van der Waals surface area contributed by atoms with Crippen LogP contribution in [0.25, 0.3) is 0 Å². The van der Waals surface area contributed by atoms with Gasteiger partial charge in [-0.1, -0.05) is 42.5 Å². The van der Waals surface area contributed by atoms with Gasteiger partial charge in [-0.15, -0.1) is 11.8 Å². The third-order valence-electron chi connectivity index (χ3n) is 3.43. The molecule has 0 saturated heterocycles. The van der Waals surface area contributed by atoms with Gasteiger partial charge in [-0.2, -0.15) is 0 Å². The summed E-state index contributed by atoms with van der Waals surface area (Å²) in [5, 5.41) is 0. The van der Waals surface area contributed by atoms with Crippen LogP contribution in [0.1, 0.15) is 18.4 Å². The Kier molecular flexibility index (Phi) is 4.07. The van der Waals surface area contributed by atoms with Crippen molar-refractivity contribution in [2.45, 2.75) is 24.3 Å². The third kappa shape index (κ3) is 2.88. The smallest absolute Gasteiger partial charge is 0.227 e. The molecule has 1 heterocycles. The molecule has 2 aromatic rings. The molecule has 0 N–H and O–H groups in total. The van der Waals surface area contributed by atoms with Gasteiger partial charge >= 0.3 is 0 Å². The van der Waals surface area contributed by atoms with Crippen molar-refractivity contribution >= 4 is 23.4 Å². The standard InChI is InChI=1S/C17H17NOS/c19-17-11-6-12-20-16-10-5-4-9-15(16)18(17)13-14-7-2-1-3-8-14/h1-5,7-10H,6,11-13H2. The Morgan fingerprint density at radius 3 is 2.60 bits per heavy atom. The summed E-state index contributed by atoms with van der Waals surface area (Å²) in [6.45, 7) is 0.650. The maximum atomic E-state index is 12.5. The number of fused-ring (bicyclic) bond motifs is 1. The molecule has 0 spiro atoms. The van der Waals surface area contributed by atoms with Crippen molar-refractivity contribution in [3.63, 3.8) is 0 Å². The van der Waals surface area contributed by atoms with Gasteiger partial charge < -0.3 is 4.90 Å². The minimum Gasteiger partial charge on any atom is -0.307 e. The Bertz CT molecular complexity index is 597. The molecule has 0 aromatic heterocycles. The number of para-hydroxylation sites is 1. The summed E-state index contributed by atoms with van der Waals surface area (Å²) >= 11 is 1.85. The molecule has 0 radical (unpaired) electrons. The van der Waals surface area contributed by atoms with E-state index >= 15 is 0 Å². The zero-order valence-corrected chi connectivity index (χ0v) is 12.1. The first-order valence-electron chi connectivity index (χ1n) is 6.91. The Morgan fingerprint density at radius 1 is 1.00 bits per heavy atom. The second-order valence-corrected chi connectivity index (χ2v) is 6.02. The molecular formula is C17H17NOS. The third-order valence-corrected chi connectivity index (χ3v) is 4.58. The van der Waals surface area contributed by atoms with Gasteiger partial charge in [0.15, 0.2) is 0 Å². The van der Waals surface area contributed by atoms with E-state index in [1.165, 1.54) is 10.5 Å². The predicted octanol–water partition coefficient (Wildman–Crippen LogP) is 4.11. The molecule has 20 heavy (non-hydrogen) atoms. The van der Waals surface area contributed by atoms with Crippen LogP contribution in [0.15, 0.2) is 59.5 Å². The lowest BCUT2D eigenvalue weighted by Crippen LogP contribution is -2.31. The quantitative estimate of drug-likeness (QED) is 0.827. The lowest BCUT2D eigenvalue weighted by atomic mass is 10.1. The fourth-order valence-corrected chi connectivity index (χ4v) is 3.43. The number of rotatable bonds is 2. The summed E-state index contributed by atoms with van der Waals surface area (Å²) in [5.41, 5.74) is 2.22. The van der Waals surface area contributed by atoms with Gasteiger partial charge in [0.2, 0.25) is 5.91 Å². The number of hydrogen-bond acceptors (Lipinski definition) is 2. The summed E-state index contributed by atoms with van der Waals surface area (Å²) in [7, 11) is 0. The minimum absolute atomic E-state index is 0.224. The number of anilines is 1. The molecule has 0 saturated carbocycles. The summed E-state index contributed by atoms with van der Waals surface area (Å²) in [4.78, 5) is 15.6. The molecule has 0 fully saturated rings. The van der Waals surface area contributed by atoms with Crippen LogP contribution < -0.4 is 4.90 Å². The Labute approximate surface area is 123 Å². The molecule has 3 heteroatoms. The van der Waals surface area contributed by atoms with Gasteiger partial charge in [0.1, 0.15) is 0 Å². The Morgan fingerprint density at radius 2 is 1.75 bits per heavy atom. The van der Waals surface area contributed by atoms with Crippen LogP contribution in [0.5, 0.6) is 0 Å². The maximum Gasteiger partial charge on any atom is 0.227 e. The van der Waals surface area contributed by atoms with Crippen molar-refractivity contribution in [1.29, 1.82) is 0 Å². The summed E-state index contributed by atoms with van der Waals surface area (Å²) in [5.74, 6) is 1.24. The van der Waals surface area contributed by atoms with E-state index in [2.05, 4.69) is 24.3 Å². The number of amides is 1. The highest BCUT2D eigenvalue weighted by Gasteiger charge is 2.21. The van der Waals surface area contributed by atoms with E-state index < -0.39 is 0 Å². The molecule has 3 rings (SSSR count). The van der Waals surface area contributed by atoms with Crippen molar-refractivity contribution < 1.29 is 4.79 Å². The van der Waals surface area contributed by atoms with Gasteiger partial charge in [-0.05, 0) is 29.9 Å². The SMILES string of the molecule is O=C1CCCSc2ccccc2N1Cc1ccccc1. The summed E-state index contributed by atoms with van der Waals surface area (Å²) in [6, 6.07) is 18.4. The van der Waals surface area contributed by atoms with Crippen molar-refractivity contribution in [1.82, 2.24) is 0 Å². The highest BCUT2D eigenvalue weighted by molar-refractivity contribution is 7.99. The normalized spacial score (nSPS) is 15.4. The number of carbonyl (C=O) groups is 1. The fraction of sp³-hybridized carbons (Fsp3) is 0.235. The van der Waals surface area contributed by atoms with Gasteiger partial charge in [-0.25, -0.2) is 0 Å². The van der Waals surface area contributed by atoms with E-state index in [0.29, 0.717) is 13.0 Å². The molecular weight excluding hydrogens is 266 g/mol. The number of hydrogen-bond donors (Lipinski definition) is 0. The highest BCUT2D eigenvalue weighted by Crippen LogP contribution is 2.34. The van der Waals surface area contributed by atoms with E-state index in [9.17, 15) is 4.79 Å². The topological polar surface area (TPSA) is 20.3 Å². The van der Waals surface area contributed by atoms with Crippen LogP contribution in [0.2, 0.25) is 0 Å². The van der Waals surface area contributed by atoms with E-state index in [1.807, 2.05) is 47.0 Å². The van der Waals surface area contributed by atoms with Crippen LogP contribution in [-0.4, -0.2) is 11.7 Å². The van der Waals surface area contributed by atoms with Crippen molar-refractivity contribution in [3.8, 4) is 0 Å². The fourth-order valence-electron chi connectivity index (χ4n) is 2.42. The van der Waals surface area contributed by atoms with Gasteiger partial charge in [0.25, 0.3) is 0 Å². The summed E-state index contributed by atoms with van der Waals surface area (Å²) < 4.78 is 0. The van der Waals surface area contributed by atoms with E-state index in [0.717, 1.165) is 17.9 Å². The van der Waals surface area contributed by atoms with E-state index in [4.69, 9.17) is 0 Å². The average Bonchev–Trinajstić information content (AvgIpc) is 2.49. The molecule has 1 aliphatic heterocycles. The summed E-state index contributed by atoms with van der Waals surface area (Å²) in [6.07, 6.45) is 1.58. The molecule has 1 amide bonds. The average molecular weight is 283 g/mol. The lowest BCUT2D eigenvalue weighted by Gasteiger charge is -2.27. The molecule has 2 aromatic carbocycles. The molecule has 1 aliphatic rings. The van der Waals surface area contributed by atoms with Gasteiger partial charge in [-0.3, -0.25) is 4.79 Å². The second-order valence-electron chi connectivity index (χ2n) is 4.89. The van der Waals surface area contributed by atoms with Crippen molar-refractivity contribution in [2.75, 3.05) is 10.7 Å². The highest BCUT2D eigenvalue weighted by atomic mass is 32.2. The monoisotopic (exact) mass is 283 g/mol. The number of nitrogens with zero attached hydrogens (tertiary/aromatic N) is 1. The molecule has 2 nitrogen and oxygen atoms in total. The molecule has 0 atom stereocenters. The van der Waals surface area contributed by atoms with Crippen LogP contribution >= 0.6 is 11.8 Å². The van der Waals surface area contributed by atoms with Crippen LogP contribution in [-0.2, 0) is 11.3 Å². The van der Waals surface area contributed by atoms with Crippen molar-refractivity contribution in [2.24, 2.45) is 0 Å². The lowest BCUT2D eigenvalue weighted by molar-refractivity contribution is -0.118. The number of carbonyl (C=O) groups excluding carboxylic acids is 1. The zero-order chi connectivity index (χ0) is 13.8. The molecule has 0 unspecified atom stereocenters. The van der Waals surface area contributed by atoms with E-state index in [-0.39, 0.29) is 5.91 Å². The van der Waals surface area contributed by atoms with Crippen LogP contribution in [0.4, 0.5) is 5.69 Å². The molecule has 102 valence electrons. The minimum atomic E-state index is 0.224. The van der Waals surface area contributed by atoms with Crippen LogP contribution in [0, 0.1) is 0 Å². The first kappa shape index (κ1) is 13.3.